The smallest absolute Gasteiger partial charge is 0.222 e. The maximum Gasteiger partial charge on any atom is 0.222 e. The largest absolute Gasteiger partial charge is 0.394 e. The van der Waals surface area contributed by atoms with Crippen LogP contribution in [0.2, 0.25) is 0 Å². The molecule has 1 aliphatic rings. The van der Waals surface area contributed by atoms with Crippen LogP contribution in [0.25, 0.3) is 0 Å². The molecule has 0 spiro atoms. The van der Waals surface area contributed by atoms with Crippen LogP contribution in [0.5, 0.6) is 0 Å². The number of hydrogen-bond donors (Lipinski definition) is 1. The summed E-state index contributed by atoms with van der Waals surface area (Å²) >= 11 is 0. The third-order valence-corrected chi connectivity index (χ3v) is 3.03. The summed E-state index contributed by atoms with van der Waals surface area (Å²) in [5.74, 6) is 0.188. The number of carbonyl (C=O) groups is 1. The van der Waals surface area contributed by atoms with E-state index in [2.05, 4.69) is 6.92 Å². The highest BCUT2D eigenvalue weighted by Gasteiger charge is 2.34. The predicted octanol–water partition coefficient (Wildman–Crippen LogP) is 1.57. The van der Waals surface area contributed by atoms with Gasteiger partial charge in [0.25, 0.3) is 0 Å². The lowest BCUT2D eigenvalue weighted by Gasteiger charge is -2.42. The molecular weight excluding hydrogens is 218 g/mol. The second kappa shape index (κ2) is 6.36. The van der Waals surface area contributed by atoms with Gasteiger partial charge in [0.1, 0.15) is 0 Å². The van der Waals surface area contributed by atoms with E-state index >= 15 is 0 Å². The molecule has 0 saturated carbocycles. The molecule has 1 aliphatic heterocycles. The quantitative estimate of drug-likeness (QED) is 0.746. The molecule has 1 rings (SSSR count). The first kappa shape index (κ1) is 14.5. The zero-order valence-corrected chi connectivity index (χ0v) is 11.2. The molecule has 1 heterocycles. The summed E-state index contributed by atoms with van der Waals surface area (Å²) in [4.78, 5) is 13.8. The first-order chi connectivity index (χ1) is 7.98. The lowest BCUT2D eigenvalue weighted by molar-refractivity contribution is -0.167. The minimum atomic E-state index is -0.355. The summed E-state index contributed by atoms with van der Waals surface area (Å²) in [6, 6.07) is 0. The second-order valence-electron chi connectivity index (χ2n) is 5.41. The van der Waals surface area contributed by atoms with Gasteiger partial charge in [0.05, 0.1) is 18.3 Å². The van der Waals surface area contributed by atoms with Crippen LogP contribution in [0, 0.1) is 0 Å². The van der Waals surface area contributed by atoms with Crippen molar-refractivity contribution in [2.24, 2.45) is 0 Å². The number of aliphatic hydroxyl groups is 1. The van der Waals surface area contributed by atoms with E-state index in [4.69, 9.17) is 4.74 Å². The van der Waals surface area contributed by atoms with Crippen molar-refractivity contribution in [1.82, 2.24) is 4.90 Å². The molecule has 0 aromatic heterocycles. The Morgan fingerprint density at radius 3 is 2.76 bits per heavy atom. The van der Waals surface area contributed by atoms with Crippen molar-refractivity contribution in [3.05, 3.63) is 0 Å². The van der Waals surface area contributed by atoms with Crippen LogP contribution in [0.4, 0.5) is 0 Å². The molecule has 4 nitrogen and oxygen atoms in total. The number of nitrogens with zero attached hydrogens (tertiary/aromatic N) is 1. The van der Waals surface area contributed by atoms with E-state index in [1.807, 2.05) is 18.7 Å². The number of ether oxygens (including phenoxy) is 1. The van der Waals surface area contributed by atoms with E-state index < -0.39 is 0 Å². The lowest BCUT2D eigenvalue weighted by Crippen LogP contribution is -2.55. The normalized spacial score (nSPS) is 23.8. The Labute approximate surface area is 104 Å². The molecular formula is C13H25NO3. The fourth-order valence-electron chi connectivity index (χ4n) is 2.27. The standard InChI is InChI=1S/C13H25NO3/c1-4-5-6-7-12(16)14-8-11(9-15)17-13(2,3)10-14/h11,15H,4-10H2,1-3H3. The molecule has 1 amide bonds. The summed E-state index contributed by atoms with van der Waals surface area (Å²) < 4.78 is 5.69. The molecule has 1 atom stereocenters. The molecule has 0 aromatic rings. The van der Waals surface area contributed by atoms with Gasteiger partial charge < -0.3 is 14.7 Å². The Hall–Kier alpha value is -0.610. The number of morpholine rings is 1. The zero-order chi connectivity index (χ0) is 12.9. The summed E-state index contributed by atoms with van der Waals surface area (Å²) in [6.45, 7) is 7.16. The van der Waals surface area contributed by atoms with Crippen LogP contribution in [0.1, 0.15) is 46.5 Å². The molecule has 1 N–H and O–H groups in total. The summed E-state index contributed by atoms with van der Waals surface area (Å²) in [7, 11) is 0. The van der Waals surface area contributed by atoms with Gasteiger partial charge in [-0.1, -0.05) is 19.8 Å². The first-order valence-corrected chi connectivity index (χ1v) is 6.55. The maximum atomic E-state index is 12.0. The zero-order valence-electron chi connectivity index (χ0n) is 11.2. The van der Waals surface area contributed by atoms with E-state index in [0.29, 0.717) is 19.5 Å². The van der Waals surface area contributed by atoms with Crippen molar-refractivity contribution in [2.75, 3.05) is 19.7 Å². The van der Waals surface area contributed by atoms with E-state index in [-0.39, 0.29) is 24.2 Å². The topological polar surface area (TPSA) is 49.8 Å². The average molecular weight is 243 g/mol. The highest BCUT2D eigenvalue weighted by atomic mass is 16.5. The number of hydrogen-bond acceptors (Lipinski definition) is 3. The first-order valence-electron chi connectivity index (χ1n) is 6.55. The molecule has 17 heavy (non-hydrogen) atoms. The van der Waals surface area contributed by atoms with E-state index in [0.717, 1.165) is 19.3 Å². The van der Waals surface area contributed by atoms with Crippen molar-refractivity contribution in [2.45, 2.75) is 58.2 Å². The van der Waals surface area contributed by atoms with Crippen LogP contribution in [0.15, 0.2) is 0 Å². The highest BCUT2D eigenvalue weighted by molar-refractivity contribution is 5.76. The van der Waals surface area contributed by atoms with Crippen molar-refractivity contribution in [3.8, 4) is 0 Å². The molecule has 1 unspecified atom stereocenters. The Bertz CT molecular complexity index is 253. The molecule has 100 valence electrons. The van der Waals surface area contributed by atoms with Crippen LogP contribution < -0.4 is 0 Å². The van der Waals surface area contributed by atoms with Crippen LogP contribution >= 0.6 is 0 Å². The van der Waals surface area contributed by atoms with E-state index in [1.54, 1.807) is 0 Å². The van der Waals surface area contributed by atoms with Crippen molar-refractivity contribution >= 4 is 5.91 Å². The highest BCUT2D eigenvalue weighted by Crippen LogP contribution is 2.21. The summed E-state index contributed by atoms with van der Waals surface area (Å²) in [5.41, 5.74) is -0.355. The van der Waals surface area contributed by atoms with Gasteiger partial charge in [0.15, 0.2) is 0 Å². The van der Waals surface area contributed by atoms with Gasteiger partial charge in [-0.05, 0) is 20.3 Å². The van der Waals surface area contributed by atoms with E-state index in [9.17, 15) is 9.90 Å². The van der Waals surface area contributed by atoms with Gasteiger partial charge in [-0.25, -0.2) is 0 Å². The lowest BCUT2D eigenvalue weighted by atomic mass is 10.0. The Morgan fingerprint density at radius 1 is 1.47 bits per heavy atom. The summed E-state index contributed by atoms with van der Waals surface area (Å²) in [6.07, 6.45) is 3.55. The van der Waals surface area contributed by atoms with Gasteiger partial charge >= 0.3 is 0 Å². The van der Waals surface area contributed by atoms with Gasteiger partial charge in [0.2, 0.25) is 5.91 Å². The molecule has 4 heteroatoms. The number of aliphatic hydroxyl groups excluding tert-OH is 1. The van der Waals surface area contributed by atoms with E-state index in [1.165, 1.54) is 0 Å². The van der Waals surface area contributed by atoms with Crippen molar-refractivity contribution < 1.29 is 14.6 Å². The molecule has 0 aromatic carbocycles. The van der Waals surface area contributed by atoms with Crippen LogP contribution in [-0.4, -0.2) is 47.3 Å². The van der Waals surface area contributed by atoms with Gasteiger partial charge in [-0.15, -0.1) is 0 Å². The van der Waals surface area contributed by atoms with Gasteiger partial charge in [-0.3, -0.25) is 4.79 Å². The van der Waals surface area contributed by atoms with Gasteiger partial charge in [0, 0.05) is 19.5 Å². The Kier molecular flexibility index (Phi) is 5.40. The molecule has 0 radical (unpaired) electrons. The summed E-state index contributed by atoms with van der Waals surface area (Å²) in [5, 5.41) is 9.17. The van der Waals surface area contributed by atoms with Crippen molar-refractivity contribution in [1.29, 1.82) is 0 Å². The molecule has 0 aliphatic carbocycles. The Morgan fingerprint density at radius 2 is 2.18 bits per heavy atom. The Balaban J connectivity index is 2.48. The SMILES string of the molecule is CCCCCC(=O)N1CC(CO)OC(C)(C)C1. The molecule has 1 fully saturated rings. The number of amides is 1. The van der Waals surface area contributed by atoms with Crippen molar-refractivity contribution in [3.63, 3.8) is 0 Å². The second-order valence-corrected chi connectivity index (χ2v) is 5.41. The fraction of sp³-hybridized carbons (Fsp3) is 0.923. The number of unbranched alkanes of at least 4 members (excludes halogenated alkanes) is 2. The van der Waals surface area contributed by atoms with Gasteiger partial charge in [-0.2, -0.15) is 0 Å². The minimum Gasteiger partial charge on any atom is -0.394 e. The third kappa shape index (κ3) is 4.64. The van der Waals surface area contributed by atoms with Crippen LogP contribution in [0.3, 0.4) is 0 Å². The molecule has 0 bridgehead atoms. The third-order valence-electron chi connectivity index (χ3n) is 3.03. The minimum absolute atomic E-state index is 0.0256. The fourth-order valence-corrected chi connectivity index (χ4v) is 2.27. The molecule has 1 saturated heterocycles. The van der Waals surface area contributed by atoms with Crippen LogP contribution in [-0.2, 0) is 9.53 Å². The number of rotatable bonds is 5. The maximum absolute atomic E-state index is 12.0. The average Bonchev–Trinajstić information content (AvgIpc) is 2.27. The monoisotopic (exact) mass is 243 g/mol. The predicted molar refractivity (Wildman–Crippen MR) is 66.8 cm³/mol. The number of carbonyl (C=O) groups excluding carboxylic acids is 1.